The van der Waals surface area contributed by atoms with Crippen molar-refractivity contribution in [2.75, 3.05) is 13.1 Å². The summed E-state index contributed by atoms with van der Waals surface area (Å²) in [4.78, 5) is 15.2. The van der Waals surface area contributed by atoms with Crippen LogP contribution in [-0.4, -0.2) is 44.1 Å². The maximum atomic E-state index is 13.2. The summed E-state index contributed by atoms with van der Waals surface area (Å²) in [7, 11) is 0. The maximum absolute atomic E-state index is 13.2. The molecule has 25 heavy (non-hydrogen) atoms. The van der Waals surface area contributed by atoms with Gasteiger partial charge in [-0.15, -0.1) is 5.10 Å². The van der Waals surface area contributed by atoms with Crippen LogP contribution >= 0.6 is 0 Å². The first-order valence-electron chi connectivity index (χ1n) is 8.86. The Morgan fingerprint density at radius 3 is 2.76 bits per heavy atom. The van der Waals surface area contributed by atoms with Gasteiger partial charge in [-0.1, -0.05) is 25.5 Å². The molecular formula is C18H24FN5O. The highest BCUT2D eigenvalue weighted by Crippen LogP contribution is 2.24. The van der Waals surface area contributed by atoms with Crippen molar-refractivity contribution in [3.8, 4) is 0 Å². The molecule has 6 nitrogen and oxygen atoms in total. The van der Waals surface area contributed by atoms with Crippen molar-refractivity contribution in [1.82, 2.24) is 25.1 Å². The Balaban J connectivity index is 1.84. The Hall–Kier alpha value is -2.31. The molecule has 1 fully saturated rings. The molecule has 0 N–H and O–H groups in total. The van der Waals surface area contributed by atoms with Gasteiger partial charge in [-0.25, -0.2) is 9.07 Å². The average Bonchev–Trinajstić information content (AvgIpc) is 3.06. The molecule has 1 aromatic carbocycles. The zero-order chi connectivity index (χ0) is 17.8. The summed E-state index contributed by atoms with van der Waals surface area (Å²) >= 11 is 0. The Kier molecular flexibility index (Phi) is 5.40. The fourth-order valence-corrected chi connectivity index (χ4v) is 3.46. The lowest BCUT2D eigenvalue weighted by molar-refractivity contribution is -0.137. The molecule has 1 aliphatic heterocycles. The van der Waals surface area contributed by atoms with E-state index in [-0.39, 0.29) is 11.7 Å². The van der Waals surface area contributed by atoms with Gasteiger partial charge in [-0.3, -0.25) is 4.79 Å². The van der Waals surface area contributed by atoms with E-state index in [1.165, 1.54) is 18.6 Å². The van der Waals surface area contributed by atoms with Crippen LogP contribution in [0.3, 0.4) is 0 Å². The van der Waals surface area contributed by atoms with Gasteiger partial charge in [0.15, 0.2) is 0 Å². The van der Waals surface area contributed by atoms with Gasteiger partial charge in [0.1, 0.15) is 17.7 Å². The van der Waals surface area contributed by atoms with Gasteiger partial charge in [-0.05, 0) is 53.8 Å². The molecule has 0 saturated carbocycles. The second-order valence-electron chi connectivity index (χ2n) is 6.72. The van der Waals surface area contributed by atoms with E-state index in [9.17, 15) is 9.18 Å². The fourth-order valence-electron chi connectivity index (χ4n) is 3.46. The Bertz CT molecular complexity index is 715. The smallest absolute Gasteiger partial charge is 0.247 e. The molecule has 0 radical (unpaired) electrons. The molecular weight excluding hydrogens is 321 g/mol. The first-order valence-corrected chi connectivity index (χ1v) is 8.86. The normalized spacial score (nSPS) is 19.0. The Morgan fingerprint density at radius 2 is 2.12 bits per heavy atom. The average molecular weight is 345 g/mol. The van der Waals surface area contributed by atoms with Crippen molar-refractivity contribution in [2.24, 2.45) is 5.92 Å². The van der Waals surface area contributed by atoms with E-state index >= 15 is 0 Å². The number of halogens is 1. The molecule has 2 unspecified atom stereocenters. The van der Waals surface area contributed by atoms with Crippen LogP contribution in [0, 0.1) is 18.7 Å². The number of nitrogens with zero attached hydrogens (tertiary/aromatic N) is 5. The van der Waals surface area contributed by atoms with Gasteiger partial charge in [0.05, 0.1) is 0 Å². The minimum Gasteiger partial charge on any atom is -0.341 e. The summed E-state index contributed by atoms with van der Waals surface area (Å²) < 4.78 is 14.8. The minimum atomic E-state index is -0.504. The van der Waals surface area contributed by atoms with Gasteiger partial charge in [0.25, 0.3) is 0 Å². The number of amides is 1. The number of tetrazole rings is 1. The van der Waals surface area contributed by atoms with Crippen LogP contribution in [0.15, 0.2) is 24.3 Å². The first kappa shape index (κ1) is 17.5. The summed E-state index contributed by atoms with van der Waals surface area (Å²) in [5.41, 5.74) is 0.888. The zero-order valence-electron chi connectivity index (χ0n) is 14.7. The second-order valence-corrected chi connectivity index (χ2v) is 6.72. The van der Waals surface area contributed by atoms with Crippen LogP contribution in [0.4, 0.5) is 4.39 Å². The molecule has 3 rings (SSSR count). The predicted molar refractivity (Wildman–Crippen MR) is 91.3 cm³/mol. The second kappa shape index (κ2) is 7.72. The van der Waals surface area contributed by atoms with Gasteiger partial charge in [0, 0.05) is 19.5 Å². The molecule has 134 valence electrons. The number of likely N-dealkylation sites (tertiary alicyclic amines) is 1. The molecule has 0 spiro atoms. The van der Waals surface area contributed by atoms with Crippen LogP contribution in [0.2, 0.25) is 0 Å². The third-order valence-electron chi connectivity index (χ3n) is 4.99. The quantitative estimate of drug-likeness (QED) is 0.835. The summed E-state index contributed by atoms with van der Waals surface area (Å²) in [5.74, 6) is 0.911. The van der Waals surface area contributed by atoms with Crippen molar-refractivity contribution in [1.29, 1.82) is 0 Å². The van der Waals surface area contributed by atoms with E-state index in [4.69, 9.17) is 0 Å². The van der Waals surface area contributed by atoms with E-state index in [1.54, 1.807) is 23.7 Å². The van der Waals surface area contributed by atoms with Crippen LogP contribution in [0.25, 0.3) is 0 Å². The van der Waals surface area contributed by atoms with Gasteiger partial charge >= 0.3 is 0 Å². The predicted octanol–water partition coefficient (Wildman–Crippen LogP) is 2.55. The molecule has 1 saturated heterocycles. The summed E-state index contributed by atoms with van der Waals surface area (Å²) in [6.07, 6.45) is 3.73. The summed E-state index contributed by atoms with van der Waals surface area (Å²) in [6, 6.07) is 5.74. The van der Waals surface area contributed by atoms with Crippen LogP contribution in [0.5, 0.6) is 0 Å². The standard InChI is InChI=1S/C18H24FN5O/c1-3-14-5-4-10-23(12-14)18(25)17(24-13(2)20-21-22-24)11-15-6-8-16(19)9-7-15/h6-9,14,17H,3-5,10-12H2,1-2H3. The molecule has 2 atom stereocenters. The summed E-state index contributed by atoms with van der Waals surface area (Å²) in [6.45, 7) is 5.52. The van der Waals surface area contributed by atoms with Gasteiger partial charge < -0.3 is 4.90 Å². The van der Waals surface area contributed by atoms with Crippen molar-refractivity contribution < 1.29 is 9.18 Å². The van der Waals surface area contributed by atoms with E-state index in [0.29, 0.717) is 18.2 Å². The van der Waals surface area contributed by atoms with Crippen molar-refractivity contribution in [2.45, 2.75) is 45.6 Å². The van der Waals surface area contributed by atoms with Gasteiger partial charge in [0.2, 0.25) is 5.91 Å². The number of hydrogen-bond acceptors (Lipinski definition) is 4. The lowest BCUT2D eigenvalue weighted by Gasteiger charge is -2.34. The number of rotatable bonds is 5. The summed E-state index contributed by atoms with van der Waals surface area (Å²) in [5, 5.41) is 11.6. The SMILES string of the molecule is CCC1CCCN(C(=O)C(Cc2ccc(F)cc2)n2nnnc2C)C1. The maximum Gasteiger partial charge on any atom is 0.247 e. The number of piperidine rings is 1. The monoisotopic (exact) mass is 345 g/mol. The highest BCUT2D eigenvalue weighted by atomic mass is 19.1. The molecule has 0 aliphatic carbocycles. The van der Waals surface area contributed by atoms with E-state index < -0.39 is 6.04 Å². The van der Waals surface area contributed by atoms with Crippen molar-refractivity contribution in [3.05, 3.63) is 41.5 Å². The fraction of sp³-hybridized carbons (Fsp3) is 0.556. The molecule has 1 aliphatic rings. The molecule has 0 bridgehead atoms. The number of carbonyl (C=O) groups is 1. The highest BCUT2D eigenvalue weighted by Gasteiger charge is 2.31. The number of hydrogen-bond donors (Lipinski definition) is 0. The van der Waals surface area contributed by atoms with Crippen molar-refractivity contribution in [3.63, 3.8) is 0 Å². The van der Waals surface area contributed by atoms with E-state index in [0.717, 1.165) is 31.5 Å². The number of aromatic nitrogens is 4. The third-order valence-corrected chi connectivity index (χ3v) is 4.99. The number of aryl methyl sites for hydroxylation is 1. The Morgan fingerprint density at radius 1 is 1.36 bits per heavy atom. The third kappa shape index (κ3) is 4.03. The van der Waals surface area contributed by atoms with Gasteiger partial charge in [-0.2, -0.15) is 0 Å². The minimum absolute atomic E-state index is 0.0397. The number of benzene rings is 1. The first-order chi connectivity index (χ1) is 12.1. The van der Waals surface area contributed by atoms with Crippen molar-refractivity contribution >= 4 is 5.91 Å². The Labute approximate surface area is 147 Å². The van der Waals surface area contributed by atoms with Crippen LogP contribution in [-0.2, 0) is 11.2 Å². The lowest BCUT2D eigenvalue weighted by Crippen LogP contribution is -2.44. The largest absolute Gasteiger partial charge is 0.341 e. The van der Waals surface area contributed by atoms with Crippen LogP contribution in [0.1, 0.15) is 43.6 Å². The van der Waals surface area contributed by atoms with E-state index in [1.807, 2.05) is 4.90 Å². The van der Waals surface area contributed by atoms with E-state index in [2.05, 4.69) is 22.4 Å². The molecule has 7 heteroatoms. The number of carbonyl (C=O) groups excluding carboxylic acids is 1. The molecule has 1 amide bonds. The molecule has 1 aromatic heterocycles. The highest BCUT2D eigenvalue weighted by molar-refractivity contribution is 5.80. The lowest BCUT2D eigenvalue weighted by atomic mass is 9.94. The molecule has 2 heterocycles. The topological polar surface area (TPSA) is 63.9 Å². The molecule has 2 aromatic rings. The zero-order valence-corrected chi connectivity index (χ0v) is 14.7. The van der Waals surface area contributed by atoms with Crippen LogP contribution < -0.4 is 0 Å².